The van der Waals surface area contributed by atoms with Crippen LogP contribution in [-0.4, -0.2) is 4.57 Å². The highest BCUT2D eigenvalue weighted by atomic mass is 15.1. The second-order valence-corrected chi connectivity index (χ2v) is 18.1. The fourth-order valence-electron chi connectivity index (χ4n) is 10.7. The van der Waals surface area contributed by atoms with E-state index in [-0.39, 0.29) is 0 Å². The van der Waals surface area contributed by atoms with E-state index in [4.69, 9.17) is 0 Å². The van der Waals surface area contributed by atoms with E-state index in [1.54, 1.807) is 0 Å². The maximum Gasteiger partial charge on any atom is 0.0626 e. The number of fused-ring (bicyclic) bond motifs is 5. The maximum absolute atomic E-state index is 2.47. The van der Waals surface area contributed by atoms with E-state index in [1.807, 2.05) is 0 Å². The fraction of sp³-hybridized carbons (Fsp3) is 0. The van der Waals surface area contributed by atoms with Crippen molar-refractivity contribution in [1.82, 2.24) is 4.57 Å². The third-order valence-electron chi connectivity index (χ3n) is 13.9. The number of hydrogen-bond acceptors (Lipinski definition) is 1. The van der Waals surface area contributed by atoms with Crippen LogP contribution < -0.4 is 4.90 Å². The third-order valence-corrected chi connectivity index (χ3v) is 13.9. The molecule has 328 valence electrons. The predicted molar refractivity (Wildman–Crippen MR) is 296 cm³/mol. The predicted octanol–water partition coefficient (Wildman–Crippen LogP) is 18.5. The van der Waals surface area contributed by atoms with Gasteiger partial charge in [0.25, 0.3) is 0 Å². The van der Waals surface area contributed by atoms with E-state index in [0.29, 0.717) is 0 Å². The van der Waals surface area contributed by atoms with Crippen molar-refractivity contribution < 1.29 is 0 Å². The Hall–Kier alpha value is -9.24. The van der Waals surface area contributed by atoms with Gasteiger partial charge >= 0.3 is 0 Å². The fourth-order valence-corrected chi connectivity index (χ4v) is 10.7. The molecule has 0 atom stereocenters. The lowest BCUT2D eigenvalue weighted by Crippen LogP contribution is -2.10. The summed E-state index contributed by atoms with van der Waals surface area (Å²) in [5.41, 5.74) is 22.3. The van der Waals surface area contributed by atoms with Crippen molar-refractivity contribution in [2.75, 3.05) is 4.90 Å². The highest BCUT2D eigenvalue weighted by molar-refractivity contribution is 6.22. The van der Waals surface area contributed by atoms with Gasteiger partial charge < -0.3 is 9.47 Å². The van der Waals surface area contributed by atoms with Crippen LogP contribution in [0.15, 0.2) is 273 Å². The molecule has 0 spiro atoms. The van der Waals surface area contributed by atoms with Crippen molar-refractivity contribution >= 4 is 50.4 Å². The van der Waals surface area contributed by atoms with E-state index in [2.05, 4.69) is 289 Å². The van der Waals surface area contributed by atoms with Gasteiger partial charge in [0.05, 0.1) is 11.2 Å². The summed E-state index contributed by atoms with van der Waals surface area (Å²) < 4.78 is 2.47. The van der Waals surface area contributed by atoms with Crippen LogP contribution in [0.25, 0.3) is 94.8 Å². The molecule has 0 unspecified atom stereocenters. The number of anilines is 3. The average molecular weight is 891 g/mol. The molecule has 0 saturated carbocycles. The lowest BCUT2D eigenvalue weighted by Gasteiger charge is -2.27. The Labute approximate surface area is 409 Å². The summed E-state index contributed by atoms with van der Waals surface area (Å²) in [7, 11) is 0. The van der Waals surface area contributed by atoms with E-state index in [0.717, 1.165) is 56.1 Å². The highest BCUT2D eigenvalue weighted by Crippen LogP contribution is 2.53. The molecule has 2 heteroatoms. The Morgan fingerprint density at radius 2 is 0.886 bits per heavy atom. The molecular formula is C68H46N2. The second-order valence-electron chi connectivity index (χ2n) is 18.1. The molecule has 0 radical (unpaired) electrons. The first-order chi connectivity index (χ1) is 34.7. The minimum Gasteiger partial charge on any atom is -0.310 e. The van der Waals surface area contributed by atoms with Gasteiger partial charge in [0.1, 0.15) is 0 Å². The molecule has 0 saturated heterocycles. The standard InChI is InChI=1S/C68H46N2/c1-6-18-48(19-7-1)50-32-34-53(35-33-50)63(52-22-10-3-11-23-52)44-47-42-56(45-60(43-47)69(57-26-12-4-13-27-57)59-39-36-51(37-40-59)49-20-8-2-9-21-49)55-38-41-65-64(46-55)67-61-30-16-24-54-25-17-31-62(66(54)61)68(67)70(65)58-28-14-5-15-29-58/h1-46H/b63-44-. The number of nitrogens with zero attached hydrogens (tertiary/aromatic N) is 2. The number of rotatable bonds is 10. The van der Waals surface area contributed by atoms with Crippen LogP contribution in [0.5, 0.6) is 0 Å². The van der Waals surface area contributed by atoms with Gasteiger partial charge in [-0.2, -0.15) is 0 Å². The lowest BCUT2D eigenvalue weighted by atomic mass is 9.92. The number of benzene rings is 11. The Morgan fingerprint density at radius 3 is 1.54 bits per heavy atom. The molecule has 0 bridgehead atoms. The molecule has 0 amide bonds. The third kappa shape index (κ3) is 7.31. The van der Waals surface area contributed by atoms with E-state index in [9.17, 15) is 0 Å². The minimum absolute atomic E-state index is 1.07. The van der Waals surface area contributed by atoms with Crippen LogP contribution in [0.2, 0.25) is 0 Å². The van der Waals surface area contributed by atoms with Crippen LogP contribution >= 0.6 is 0 Å². The van der Waals surface area contributed by atoms with Gasteiger partial charge in [-0.05, 0) is 145 Å². The zero-order valence-corrected chi connectivity index (χ0v) is 38.5. The molecule has 0 N–H and O–H groups in total. The van der Waals surface area contributed by atoms with E-state index < -0.39 is 0 Å². The van der Waals surface area contributed by atoms with Gasteiger partial charge in [0.2, 0.25) is 0 Å². The summed E-state index contributed by atoms with van der Waals surface area (Å²) in [6, 6.07) is 99.3. The SMILES string of the molecule is C(=C(\c1ccccc1)c1ccc(-c2ccccc2)cc1)/c1cc(-c2ccc3c(c2)c2c(n3-c3ccccc3)-c3cccc4cccc-2c34)cc(N(c2ccccc2)c2ccc(-c3ccccc3)cc2)c1. The van der Waals surface area contributed by atoms with E-state index >= 15 is 0 Å². The molecule has 13 rings (SSSR count). The van der Waals surface area contributed by atoms with Gasteiger partial charge in [-0.1, -0.05) is 206 Å². The summed E-state index contributed by atoms with van der Waals surface area (Å²) in [6.45, 7) is 0. The van der Waals surface area contributed by atoms with Gasteiger partial charge in [-0.15, -0.1) is 0 Å². The Morgan fingerprint density at radius 1 is 0.357 bits per heavy atom. The Balaban J connectivity index is 1.04. The van der Waals surface area contributed by atoms with Crippen LogP contribution in [-0.2, 0) is 0 Å². The first-order valence-electron chi connectivity index (χ1n) is 24.1. The summed E-state index contributed by atoms with van der Waals surface area (Å²) in [5, 5.41) is 3.83. The van der Waals surface area contributed by atoms with Crippen molar-refractivity contribution in [3.63, 3.8) is 0 Å². The molecule has 1 aromatic heterocycles. The molecule has 1 heterocycles. The van der Waals surface area contributed by atoms with Crippen molar-refractivity contribution in [3.8, 4) is 61.5 Å². The van der Waals surface area contributed by atoms with Crippen LogP contribution in [0.4, 0.5) is 17.1 Å². The number of para-hydroxylation sites is 2. The van der Waals surface area contributed by atoms with Crippen LogP contribution in [0.3, 0.4) is 0 Å². The number of hydrogen-bond donors (Lipinski definition) is 0. The average Bonchev–Trinajstić information content (AvgIpc) is 3.95. The smallest absolute Gasteiger partial charge is 0.0626 e. The zero-order chi connectivity index (χ0) is 46.4. The van der Waals surface area contributed by atoms with Crippen LogP contribution in [0.1, 0.15) is 16.7 Å². The normalized spacial score (nSPS) is 11.8. The van der Waals surface area contributed by atoms with Gasteiger partial charge in [-0.3, -0.25) is 0 Å². The Bertz CT molecular complexity index is 3870. The zero-order valence-electron chi connectivity index (χ0n) is 38.5. The molecule has 12 aromatic rings. The molecule has 70 heavy (non-hydrogen) atoms. The largest absolute Gasteiger partial charge is 0.310 e. The summed E-state index contributed by atoms with van der Waals surface area (Å²) >= 11 is 0. The van der Waals surface area contributed by atoms with Crippen molar-refractivity contribution in [2.45, 2.75) is 0 Å². The van der Waals surface area contributed by atoms with Crippen molar-refractivity contribution in [1.29, 1.82) is 0 Å². The first kappa shape index (κ1) is 41.0. The quantitative estimate of drug-likeness (QED) is 0.124. The first-order valence-corrected chi connectivity index (χ1v) is 24.1. The molecule has 0 aliphatic heterocycles. The molecule has 1 aliphatic carbocycles. The topological polar surface area (TPSA) is 8.17 Å². The Kier molecular flexibility index (Phi) is 10.2. The summed E-state index contributed by atoms with van der Waals surface area (Å²) in [6.07, 6.45) is 2.38. The van der Waals surface area contributed by atoms with Crippen molar-refractivity contribution in [3.05, 3.63) is 290 Å². The summed E-state index contributed by atoms with van der Waals surface area (Å²) in [5.74, 6) is 0. The van der Waals surface area contributed by atoms with Gasteiger partial charge in [0.15, 0.2) is 0 Å². The van der Waals surface area contributed by atoms with Gasteiger partial charge in [0, 0.05) is 39.3 Å². The number of aromatic nitrogens is 1. The molecule has 1 aliphatic rings. The lowest BCUT2D eigenvalue weighted by molar-refractivity contribution is 1.14. The molecular weight excluding hydrogens is 845 g/mol. The monoisotopic (exact) mass is 890 g/mol. The summed E-state index contributed by atoms with van der Waals surface area (Å²) in [4.78, 5) is 2.39. The molecule has 0 fully saturated rings. The van der Waals surface area contributed by atoms with E-state index in [1.165, 1.54) is 66.3 Å². The highest BCUT2D eigenvalue weighted by Gasteiger charge is 2.29. The van der Waals surface area contributed by atoms with Gasteiger partial charge in [-0.25, -0.2) is 0 Å². The minimum atomic E-state index is 1.07. The molecule has 2 nitrogen and oxygen atoms in total. The van der Waals surface area contributed by atoms with Crippen LogP contribution in [0, 0.1) is 0 Å². The maximum atomic E-state index is 2.47. The molecule has 11 aromatic carbocycles. The second kappa shape index (κ2) is 17.4. The van der Waals surface area contributed by atoms with Crippen molar-refractivity contribution in [2.24, 2.45) is 0 Å².